The van der Waals surface area contributed by atoms with Crippen LogP contribution in [0.25, 0.3) is 0 Å². The van der Waals surface area contributed by atoms with Gasteiger partial charge in [-0.15, -0.1) is 11.8 Å². The van der Waals surface area contributed by atoms with Gasteiger partial charge in [-0.3, -0.25) is 10.1 Å². The molecule has 2 aromatic carbocycles. The van der Waals surface area contributed by atoms with Crippen LogP contribution in [0.5, 0.6) is 0 Å². The minimum atomic E-state index is -0.467. The summed E-state index contributed by atoms with van der Waals surface area (Å²) in [4.78, 5) is 26.0. The second-order valence-corrected chi connectivity index (χ2v) is 6.75. The van der Waals surface area contributed by atoms with E-state index in [1.807, 2.05) is 43.6 Å². The van der Waals surface area contributed by atoms with Gasteiger partial charge in [0.2, 0.25) is 0 Å². The number of rotatable bonds is 7. The van der Waals surface area contributed by atoms with Crippen molar-refractivity contribution in [3.8, 4) is 0 Å². The smallest absolute Gasteiger partial charge is 0.321 e. The average Bonchev–Trinajstić information content (AvgIpc) is 2.61. The molecule has 5 nitrogen and oxygen atoms in total. The number of imide groups is 1. The van der Waals surface area contributed by atoms with Crippen molar-refractivity contribution in [3.05, 3.63) is 65.7 Å². The summed E-state index contributed by atoms with van der Waals surface area (Å²) in [6, 6.07) is 17.4. The van der Waals surface area contributed by atoms with Gasteiger partial charge in [-0.25, -0.2) is 4.79 Å². The lowest BCUT2D eigenvalue weighted by Crippen LogP contribution is -3.09. The highest BCUT2D eigenvalue weighted by atomic mass is 32.2. The van der Waals surface area contributed by atoms with Crippen LogP contribution in [0.1, 0.15) is 11.1 Å². The van der Waals surface area contributed by atoms with E-state index in [2.05, 4.69) is 34.9 Å². The molecule has 0 aliphatic rings. The first kappa shape index (κ1) is 19.0. The van der Waals surface area contributed by atoms with Crippen molar-refractivity contribution in [2.24, 2.45) is 0 Å². The zero-order valence-electron chi connectivity index (χ0n) is 14.5. The fraction of sp³-hybridized carbons (Fsp3) is 0.263. The van der Waals surface area contributed by atoms with Crippen LogP contribution in [0, 0.1) is 0 Å². The van der Waals surface area contributed by atoms with Crippen LogP contribution in [0.3, 0.4) is 0 Å². The SMILES string of the molecule is CSc1ccc(C[NH+](C)CC(=O)NC(=O)NCc2ccccc2)cc1. The summed E-state index contributed by atoms with van der Waals surface area (Å²) < 4.78 is 0. The fourth-order valence-electron chi connectivity index (χ4n) is 2.42. The molecule has 0 spiro atoms. The van der Waals surface area contributed by atoms with Crippen LogP contribution in [-0.2, 0) is 17.9 Å². The van der Waals surface area contributed by atoms with Gasteiger partial charge in [0, 0.05) is 17.0 Å². The molecule has 0 fully saturated rings. The van der Waals surface area contributed by atoms with E-state index < -0.39 is 6.03 Å². The van der Waals surface area contributed by atoms with Gasteiger partial charge >= 0.3 is 6.03 Å². The molecule has 3 N–H and O–H groups in total. The molecule has 2 aromatic rings. The summed E-state index contributed by atoms with van der Waals surface area (Å²) >= 11 is 1.70. The third-order valence-corrected chi connectivity index (χ3v) is 4.42. The Kier molecular flexibility index (Phi) is 7.50. The van der Waals surface area contributed by atoms with Crippen LogP contribution in [0.2, 0.25) is 0 Å². The van der Waals surface area contributed by atoms with Gasteiger partial charge in [-0.2, -0.15) is 0 Å². The van der Waals surface area contributed by atoms with E-state index in [1.54, 1.807) is 11.8 Å². The van der Waals surface area contributed by atoms with Crippen molar-refractivity contribution in [1.29, 1.82) is 0 Å². The lowest BCUT2D eigenvalue weighted by Gasteiger charge is -2.14. The Morgan fingerprint density at radius 2 is 1.68 bits per heavy atom. The van der Waals surface area contributed by atoms with Gasteiger partial charge in [0.1, 0.15) is 6.54 Å². The number of hydrogen-bond donors (Lipinski definition) is 3. The molecule has 0 heterocycles. The molecule has 25 heavy (non-hydrogen) atoms. The number of nitrogens with one attached hydrogen (secondary N) is 3. The molecule has 0 saturated heterocycles. The highest BCUT2D eigenvalue weighted by Crippen LogP contribution is 2.14. The van der Waals surface area contributed by atoms with Crippen LogP contribution >= 0.6 is 11.8 Å². The number of amides is 3. The zero-order chi connectivity index (χ0) is 18.1. The number of carbonyl (C=O) groups excluding carboxylic acids is 2. The van der Waals surface area contributed by atoms with E-state index in [0.29, 0.717) is 6.54 Å². The summed E-state index contributed by atoms with van der Waals surface area (Å²) in [5.41, 5.74) is 2.15. The first-order valence-corrected chi connectivity index (χ1v) is 9.35. The number of likely N-dealkylation sites (N-methyl/N-ethyl adjacent to an activating group) is 1. The molecule has 0 saturated carbocycles. The summed E-state index contributed by atoms with van der Waals surface area (Å²) in [6.45, 7) is 1.36. The third kappa shape index (κ3) is 6.99. The molecule has 6 heteroatoms. The molecular formula is C19H24N3O2S+. The third-order valence-electron chi connectivity index (χ3n) is 3.68. The average molecular weight is 358 g/mol. The molecule has 0 aliphatic heterocycles. The maximum absolute atomic E-state index is 12.0. The molecule has 1 unspecified atom stereocenters. The highest BCUT2D eigenvalue weighted by Gasteiger charge is 2.13. The number of quaternary nitrogens is 1. The first-order chi connectivity index (χ1) is 12.1. The molecule has 0 aromatic heterocycles. The van der Waals surface area contributed by atoms with Crippen molar-refractivity contribution in [3.63, 3.8) is 0 Å². The summed E-state index contributed by atoms with van der Waals surface area (Å²) in [6.07, 6.45) is 2.04. The molecule has 0 radical (unpaired) electrons. The number of benzene rings is 2. The zero-order valence-corrected chi connectivity index (χ0v) is 15.4. The summed E-state index contributed by atoms with van der Waals surface area (Å²) in [5.74, 6) is -0.288. The Hall–Kier alpha value is -2.31. The number of hydrogen-bond acceptors (Lipinski definition) is 3. The van der Waals surface area contributed by atoms with Crippen molar-refractivity contribution in [2.45, 2.75) is 18.0 Å². The molecular weight excluding hydrogens is 334 g/mol. The number of urea groups is 1. The van der Waals surface area contributed by atoms with E-state index in [1.165, 1.54) is 4.90 Å². The minimum absolute atomic E-state index is 0.239. The Balaban J connectivity index is 1.71. The molecule has 0 aliphatic carbocycles. The minimum Gasteiger partial charge on any atom is -0.334 e. The second kappa shape index (κ2) is 9.86. The monoisotopic (exact) mass is 358 g/mol. The largest absolute Gasteiger partial charge is 0.334 e. The van der Waals surface area contributed by atoms with Crippen LogP contribution in [0.4, 0.5) is 4.79 Å². The van der Waals surface area contributed by atoms with E-state index in [-0.39, 0.29) is 12.5 Å². The van der Waals surface area contributed by atoms with Crippen molar-refractivity contribution >= 4 is 23.7 Å². The normalized spacial score (nSPS) is 11.6. The van der Waals surface area contributed by atoms with Gasteiger partial charge in [0.15, 0.2) is 6.54 Å². The maximum Gasteiger partial charge on any atom is 0.321 e. The van der Waals surface area contributed by atoms with Crippen molar-refractivity contribution < 1.29 is 14.5 Å². The highest BCUT2D eigenvalue weighted by molar-refractivity contribution is 7.98. The standard InChI is InChI=1S/C19H23N3O2S/c1-22(13-16-8-10-17(25-2)11-9-16)14-18(23)21-19(24)20-12-15-6-4-3-5-7-15/h3-11H,12-14H2,1-2H3,(H2,20,21,23,24)/p+1. The van der Waals surface area contributed by atoms with Crippen molar-refractivity contribution in [1.82, 2.24) is 10.6 Å². The summed E-state index contributed by atoms with van der Waals surface area (Å²) in [7, 11) is 1.93. The van der Waals surface area contributed by atoms with Gasteiger partial charge < -0.3 is 10.2 Å². The Labute approximate surface area is 152 Å². The quantitative estimate of drug-likeness (QED) is 0.657. The lowest BCUT2D eigenvalue weighted by atomic mass is 10.2. The Bertz CT molecular complexity index is 690. The maximum atomic E-state index is 12.0. The molecule has 0 bridgehead atoms. The first-order valence-electron chi connectivity index (χ1n) is 8.12. The topological polar surface area (TPSA) is 62.6 Å². The van der Waals surface area contributed by atoms with Gasteiger partial charge in [0.25, 0.3) is 5.91 Å². The second-order valence-electron chi connectivity index (χ2n) is 5.88. The van der Waals surface area contributed by atoms with Crippen molar-refractivity contribution in [2.75, 3.05) is 19.8 Å². The lowest BCUT2D eigenvalue weighted by molar-refractivity contribution is -0.885. The van der Waals surface area contributed by atoms with E-state index in [9.17, 15) is 9.59 Å². The number of carbonyl (C=O) groups is 2. The Morgan fingerprint density at radius 1 is 1.00 bits per heavy atom. The van der Waals surface area contributed by atoms with E-state index in [4.69, 9.17) is 0 Å². The predicted molar refractivity (Wildman–Crippen MR) is 101 cm³/mol. The van der Waals surface area contributed by atoms with Crippen LogP contribution in [0.15, 0.2) is 59.5 Å². The molecule has 3 amide bonds. The van der Waals surface area contributed by atoms with Gasteiger partial charge in [-0.05, 0) is 24.0 Å². The fourth-order valence-corrected chi connectivity index (χ4v) is 2.83. The molecule has 2 rings (SSSR count). The van der Waals surface area contributed by atoms with Gasteiger partial charge in [-0.1, -0.05) is 42.5 Å². The van der Waals surface area contributed by atoms with E-state index in [0.717, 1.165) is 22.6 Å². The predicted octanol–water partition coefficient (Wildman–Crippen LogP) is 1.45. The Morgan fingerprint density at radius 3 is 2.32 bits per heavy atom. The summed E-state index contributed by atoms with van der Waals surface area (Å²) in [5, 5.41) is 5.05. The van der Waals surface area contributed by atoms with Gasteiger partial charge in [0.05, 0.1) is 7.05 Å². The molecule has 1 atom stereocenters. The van der Waals surface area contributed by atoms with Crippen LogP contribution < -0.4 is 15.5 Å². The van der Waals surface area contributed by atoms with E-state index >= 15 is 0 Å². The number of thioether (sulfide) groups is 1. The van der Waals surface area contributed by atoms with Crippen LogP contribution in [-0.4, -0.2) is 31.8 Å². The molecule has 132 valence electrons.